The van der Waals surface area contributed by atoms with Crippen LogP contribution in [0.2, 0.25) is 0 Å². The molecular weight excluding hydrogens is 466 g/mol. The van der Waals surface area contributed by atoms with Crippen LogP contribution in [-0.4, -0.2) is 66.3 Å². The molecule has 1 atom stereocenters. The minimum absolute atomic E-state index is 0.102. The van der Waals surface area contributed by atoms with Crippen molar-refractivity contribution in [2.24, 2.45) is 0 Å². The summed E-state index contributed by atoms with van der Waals surface area (Å²) in [6.45, 7) is 10.9. The van der Waals surface area contributed by atoms with Gasteiger partial charge in [0.1, 0.15) is 6.04 Å². The van der Waals surface area contributed by atoms with Gasteiger partial charge in [0.2, 0.25) is 5.91 Å². The molecule has 0 saturated carbocycles. The zero-order valence-electron chi connectivity index (χ0n) is 21.6. The molecule has 37 heavy (non-hydrogen) atoms. The topological polar surface area (TPSA) is 79.0 Å². The Labute approximate surface area is 218 Å². The van der Waals surface area contributed by atoms with Crippen molar-refractivity contribution in [2.45, 2.75) is 51.6 Å². The first-order chi connectivity index (χ1) is 17.9. The molecule has 1 N–H and O–H groups in total. The van der Waals surface area contributed by atoms with Gasteiger partial charge in [0, 0.05) is 49.4 Å². The van der Waals surface area contributed by atoms with E-state index in [1.165, 1.54) is 5.56 Å². The van der Waals surface area contributed by atoms with Gasteiger partial charge in [-0.1, -0.05) is 30.8 Å². The zero-order valence-corrected chi connectivity index (χ0v) is 21.6. The van der Waals surface area contributed by atoms with Gasteiger partial charge in [-0.25, -0.2) is 0 Å². The Bertz CT molecular complexity index is 1230. The Kier molecular flexibility index (Phi) is 7.53. The second-order valence-corrected chi connectivity index (χ2v) is 10.3. The van der Waals surface area contributed by atoms with Gasteiger partial charge in [-0.3, -0.25) is 19.3 Å². The van der Waals surface area contributed by atoms with Gasteiger partial charge in [0.25, 0.3) is 5.91 Å². The molecule has 0 aliphatic carbocycles. The molecule has 2 amide bonds. The number of hydrogen-bond acceptors (Lipinski definition) is 5. The first kappa shape index (κ1) is 25.4. The monoisotopic (exact) mass is 501 g/mol. The zero-order chi connectivity index (χ0) is 25.9. The number of rotatable bonds is 8. The second-order valence-electron chi connectivity index (χ2n) is 10.3. The molecule has 0 spiro atoms. The fourth-order valence-electron chi connectivity index (χ4n) is 5.52. The molecule has 7 nitrogen and oxygen atoms in total. The Morgan fingerprint density at radius 2 is 1.92 bits per heavy atom. The van der Waals surface area contributed by atoms with Crippen molar-refractivity contribution in [3.63, 3.8) is 0 Å². The van der Waals surface area contributed by atoms with Gasteiger partial charge in [-0.2, -0.15) is 0 Å². The van der Waals surface area contributed by atoms with Crippen LogP contribution in [0.25, 0.3) is 0 Å². The van der Waals surface area contributed by atoms with Crippen LogP contribution in [0.3, 0.4) is 0 Å². The van der Waals surface area contributed by atoms with Crippen molar-refractivity contribution in [3.8, 4) is 0 Å². The smallest absolute Gasteiger partial charge is 0.255 e. The summed E-state index contributed by atoms with van der Waals surface area (Å²) >= 11 is 0. The molecule has 5 rings (SSSR count). The third kappa shape index (κ3) is 5.68. The third-order valence-corrected chi connectivity index (χ3v) is 7.81. The van der Waals surface area contributed by atoms with Crippen molar-refractivity contribution in [1.82, 2.24) is 15.1 Å². The highest BCUT2D eigenvalue weighted by Crippen LogP contribution is 2.29. The lowest BCUT2D eigenvalue weighted by Crippen LogP contribution is -2.49. The fraction of sp³-hybridized carbons (Fsp3) is 0.433. The number of carbonyl (C=O) groups excluding carboxylic acids is 3. The summed E-state index contributed by atoms with van der Waals surface area (Å²) in [6, 6.07) is 11.4. The molecule has 0 aromatic heterocycles. The molecule has 2 fully saturated rings. The van der Waals surface area contributed by atoms with Gasteiger partial charge in [-0.15, -0.1) is 0 Å². The van der Waals surface area contributed by atoms with Crippen molar-refractivity contribution in [2.75, 3.05) is 32.8 Å². The molecule has 2 aromatic carbocycles. The number of amides is 2. The van der Waals surface area contributed by atoms with Crippen LogP contribution in [0, 0.1) is 6.92 Å². The number of carbonyl (C=O) groups is 3. The van der Waals surface area contributed by atoms with Crippen molar-refractivity contribution in [3.05, 3.63) is 82.1 Å². The maximum atomic E-state index is 13.0. The van der Waals surface area contributed by atoms with E-state index in [0.29, 0.717) is 43.5 Å². The average molecular weight is 502 g/mol. The van der Waals surface area contributed by atoms with E-state index in [1.807, 2.05) is 30.3 Å². The van der Waals surface area contributed by atoms with E-state index >= 15 is 0 Å². The number of morpholine rings is 1. The molecule has 3 aliphatic heterocycles. The number of benzene rings is 2. The predicted molar refractivity (Wildman–Crippen MR) is 141 cm³/mol. The van der Waals surface area contributed by atoms with Gasteiger partial charge in [0.05, 0.1) is 13.2 Å². The minimum atomic E-state index is -0.462. The Balaban J connectivity index is 1.17. The summed E-state index contributed by atoms with van der Waals surface area (Å²) in [5.41, 5.74) is 6.50. The summed E-state index contributed by atoms with van der Waals surface area (Å²) in [5.74, 6) is -0.139. The molecule has 3 heterocycles. The van der Waals surface area contributed by atoms with E-state index < -0.39 is 6.04 Å². The number of nitrogens with one attached hydrogen (secondary N) is 1. The molecular formula is C30H35N3O4. The van der Waals surface area contributed by atoms with E-state index in [0.717, 1.165) is 61.5 Å². The van der Waals surface area contributed by atoms with E-state index in [1.54, 1.807) is 4.90 Å². The molecule has 7 heteroatoms. The first-order valence-electron chi connectivity index (χ1n) is 13.2. The number of allylic oxidation sites excluding steroid dienone is 1. The van der Waals surface area contributed by atoms with Gasteiger partial charge in [0.15, 0.2) is 5.78 Å². The maximum Gasteiger partial charge on any atom is 0.255 e. The molecule has 2 saturated heterocycles. The first-order valence-corrected chi connectivity index (χ1v) is 13.2. The summed E-state index contributed by atoms with van der Waals surface area (Å²) in [7, 11) is 0. The third-order valence-electron chi connectivity index (χ3n) is 7.81. The summed E-state index contributed by atoms with van der Waals surface area (Å²) in [6.07, 6.45) is 3.27. The number of hydrogen-bond donors (Lipinski definition) is 1. The van der Waals surface area contributed by atoms with E-state index in [4.69, 9.17) is 4.74 Å². The number of ether oxygens (including phenoxy) is 1. The van der Waals surface area contributed by atoms with Crippen molar-refractivity contribution in [1.29, 1.82) is 0 Å². The molecule has 194 valence electrons. The number of Topliss-reactive ketones (excluding diaryl/α,β-unsaturated/α-hetero) is 1. The summed E-state index contributed by atoms with van der Waals surface area (Å²) in [4.78, 5) is 42.4. The minimum Gasteiger partial charge on any atom is -0.379 e. The Hall–Kier alpha value is -3.29. The average Bonchev–Trinajstić information content (AvgIpc) is 3.22. The molecule has 0 bridgehead atoms. The van der Waals surface area contributed by atoms with Gasteiger partial charge in [-0.05, 0) is 67.0 Å². The normalized spacial score (nSPS) is 20.2. The summed E-state index contributed by atoms with van der Waals surface area (Å²) < 4.78 is 5.42. The van der Waals surface area contributed by atoms with Crippen LogP contribution in [0.4, 0.5) is 0 Å². The summed E-state index contributed by atoms with van der Waals surface area (Å²) in [5, 5.41) is 2.77. The molecule has 2 aromatic rings. The predicted octanol–water partition coefficient (Wildman–Crippen LogP) is 3.43. The highest BCUT2D eigenvalue weighted by molar-refractivity contribution is 6.01. The number of ketones is 1. The standard InChI is InChI=1S/C30H35N3O4/c1-20-17-24(7-6-23(20)11-12-32-13-15-37-16-14-32)28(34)10-5-22-4-8-26-25(18-22)19-33(30(26)36)27-9-3-21(2)31-29(27)35/h4,6-8,17-18,27H,2-3,5,9-16,19H2,1H3,(H,31,35). The Morgan fingerprint density at radius 1 is 1.11 bits per heavy atom. The van der Waals surface area contributed by atoms with Crippen LogP contribution in [0.1, 0.15) is 62.2 Å². The van der Waals surface area contributed by atoms with Crippen LogP contribution < -0.4 is 5.32 Å². The lowest BCUT2D eigenvalue weighted by molar-refractivity contribution is -0.126. The number of nitrogens with zero attached hydrogens (tertiary/aromatic N) is 2. The van der Waals surface area contributed by atoms with Crippen molar-refractivity contribution >= 4 is 17.6 Å². The highest BCUT2D eigenvalue weighted by atomic mass is 16.5. The molecule has 0 radical (unpaired) electrons. The van der Waals surface area contributed by atoms with Gasteiger partial charge >= 0.3 is 0 Å². The van der Waals surface area contributed by atoms with Crippen molar-refractivity contribution < 1.29 is 19.1 Å². The quantitative estimate of drug-likeness (QED) is 0.561. The van der Waals surface area contributed by atoms with E-state index in [9.17, 15) is 14.4 Å². The lowest BCUT2D eigenvalue weighted by Gasteiger charge is -2.30. The SMILES string of the molecule is C=C1CCC(N2Cc3cc(CCC(=O)c4ccc(CCN5CCOCC5)c(C)c4)ccc3C2=O)C(=O)N1. The Morgan fingerprint density at radius 3 is 2.68 bits per heavy atom. The molecule has 1 unspecified atom stereocenters. The maximum absolute atomic E-state index is 13.0. The van der Waals surface area contributed by atoms with Crippen LogP contribution in [0.5, 0.6) is 0 Å². The molecule has 3 aliphatic rings. The van der Waals surface area contributed by atoms with Crippen LogP contribution in [-0.2, 0) is 28.9 Å². The largest absolute Gasteiger partial charge is 0.379 e. The van der Waals surface area contributed by atoms with Crippen LogP contribution in [0.15, 0.2) is 48.7 Å². The lowest BCUT2D eigenvalue weighted by atomic mass is 9.96. The fourth-order valence-corrected chi connectivity index (χ4v) is 5.52. The van der Waals surface area contributed by atoms with Crippen LogP contribution >= 0.6 is 0 Å². The van der Waals surface area contributed by atoms with E-state index in [2.05, 4.69) is 29.8 Å². The van der Waals surface area contributed by atoms with Gasteiger partial charge < -0.3 is 15.0 Å². The highest BCUT2D eigenvalue weighted by Gasteiger charge is 2.38. The number of fused-ring (bicyclic) bond motifs is 1. The van der Waals surface area contributed by atoms with E-state index in [-0.39, 0.29) is 17.6 Å². The number of aryl methyl sites for hydroxylation is 2. The second kappa shape index (κ2) is 11.0. The number of piperidine rings is 1.